The number of aromatic hydroxyl groups is 1. The van der Waals surface area contributed by atoms with Crippen LogP contribution in [0.4, 0.5) is 0 Å². The number of unbranched alkanes of at least 4 members (excludes halogenated alkanes) is 1. The van der Waals surface area contributed by atoms with Gasteiger partial charge in [0.05, 0.1) is 18.6 Å². The lowest BCUT2D eigenvalue weighted by Crippen LogP contribution is -2.57. The molecular weight excluding hydrogens is 348 g/mol. The second kappa shape index (κ2) is 8.65. The molecule has 1 aliphatic rings. The first-order valence-corrected chi connectivity index (χ1v) is 8.36. The van der Waals surface area contributed by atoms with E-state index < -0.39 is 43.3 Å². The van der Waals surface area contributed by atoms with Crippen LogP contribution in [0, 0.1) is 5.92 Å². The molecule has 0 radical (unpaired) electrons. The number of rotatable bonds is 7. The summed E-state index contributed by atoms with van der Waals surface area (Å²) in [5, 5.41) is 58.1. The van der Waals surface area contributed by atoms with Crippen LogP contribution < -0.4 is 4.74 Å². The molecule has 26 heavy (non-hydrogen) atoms. The van der Waals surface area contributed by atoms with Gasteiger partial charge in [-0.3, -0.25) is 0 Å². The summed E-state index contributed by atoms with van der Waals surface area (Å²) in [4.78, 5) is 11.7. The van der Waals surface area contributed by atoms with Crippen LogP contribution in [0.3, 0.4) is 0 Å². The minimum absolute atomic E-state index is 0.174. The third kappa shape index (κ3) is 4.25. The van der Waals surface area contributed by atoms with Gasteiger partial charge in [0, 0.05) is 6.07 Å². The van der Waals surface area contributed by atoms with Crippen molar-refractivity contribution in [3.63, 3.8) is 0 Å². The van der Waals surface area contributed by atoms with Crippen molar-refractivity contribution in [2.45, 2.75) is 51.0 Å². The van der Waals surface area contributed by atoms with Crippen LogP contribution in [-0.2, 0) is 11.2 Å². The van der Waals surface area contributed by atoms with Gasteiger partial charge in [0.1, 0.15) is 23.2 Å². The van der Waals surface area contributed by atoms with Crippen LogP contribution in [0.2, 0.25) is 0 Å². The van der Waals surface area contributed by atoms with E-state index in [4.69, 9.17) is 9.47 Å². The first-order chi connectivity index (χ1) is 12.3. The molecule has 1 aliphatic heterocycles. The summed E-state index contributed by atoms with van der Waals surface area (Å²) < 4.78 is 10.5. The molecule has 1 aromatic rings. The maximum Gasteiger partial charge on any atom is 0.339 e. The van der Waals surface area contributed by atoms with Gasteiger partial charge in [-0.15, -0.1) is 0 Å². The van der Waals surface area contributed by atoms with Gasteiger partial charge in [0.25, 0.3) is 0 Å². The average molecular weight is 372 g/mol. The smallest absolute Gasteiger partial charge is 0.339 e. The first-order valence-electron chi connectivity index (χ1n) is 8.36. The van der Waals surface area contributed by atoms with Crippen LogP contribution in [-0.4, -0.2) is 68.0 Å². The van der Waals surface area contributed by atoms with E-state index in [0.717, 1.165) is 12.5 Å². The summed E-state index contributed by atoms with van der Waals surface area (Å²) in [6, 6.07) is 2.42. The number of ether oxygens (including phenoxy) is 2. The molecule has 9 nitrogen and oxygen atoms in total. The molecule has 1 saturated heterocycles. The zero-order valence-electron chi connectivity index (χ0n) is 14.3. The van der Waals surface area contributed by atoms with E-state index in [9.17, 15) is 35.4 Å². The van der Waals surface area contributed by atoms with Gasteiger partial charge >= 0.3 is 5.97 Å². The fourth-order valence-corrected chi connectivity index (χ4v) is 2.89. The second-order valence-corrected chi connectivity index (χ2v) is 6.23. The fourth-order valence-electron chi connectivity index (χ4n) is 2.89. The Balaban J connectivity index is 2.38. The summed E-state index contributed by atoms with van der Waals surface area (Å²) >= 11 is 0. The molecule has 1 heterocycles. The van der Waals surface area contributed by atoms with Crippen molar-refractivity contribution in [2.24, 2.45) is 5.92 Å². The van der Waals surface area contributed by atoms with Gasteiger partial charge < -0.3 is 40.1 Å². The fraction of sp³-hybridized carbons (Fsp3) is 0.588. The number of aromatic carboxylic acids is 1. The molecule has 6 N–H and O–H groups in total. The molecule has 0 bridgehead atoms. The van der Waals surface area contributed by atoms with Crippen molar-refractivity contribution in [2.75, 3.05) is 6.61 Å². The topological polar surface area (TPSA) is 157 Å². The molecule has 1 fully saturated rings. The largest absolute Gasteiger partial charge is 0.508 e. The number of hydrogen-bond donors (Lipinski definition) is 6. The number of aliphatic hydroxyl groups is 4. The van der Waals surface area contributed by atoms with Crippen LogP contribution in [0.15, 0.2) is 12.1 Å². The number of benzene rings is 1. The number of carbonyl (C=O) groups is 1. The molecule has 5 atom stereocenters. The van der Waals surface area contributed by atoms with E-state index in [-0.39, 0.29) is 17.1 Å². The van der Waals surface area contributed by atoms with E-state index in [1.165, 1.54) is 6.07 Å². The van der Waals surface area contributed by atoms with Crippen molar-refractivity contribution in [1.82, 2.24) is 0 Å². The van der Waals surface area contributed by atoms with Gasteiger partial charge in [0.2, 0.25) is 6.29 Å². The second-order valence-electron chi connectivity index (χ2n) is 6.23. The molecule has 0 amide bonds. The highest BCUT2D eigenvalue weighted by atomic mass is 16.7. The monoisotopic (exact) mass is 372 g/mol. The number of phenolic OH excluding ortho intramolecular Hbond substituents is 1. The highest BCUT2D eigenvalue weighted by Gasteiger charge is 2.45. The van der Waals surface area contributed by atoms with Crippen LogP contribution in [0.1, 0.15) is 35.7 Å². The zero-order valence-corrected chi connectivity index (χ0v) is 14.3. The van der Waals surface area contributed by atoms with E-state index >= 15 is 0 Å². The predicted molar refractivity (Wildman–Crippen MR) is 87.8 cm³/mol. The van der Waals surface area contributed by atoms with E-state index in [1.54, 1.807) is 0 Å². The van der Waals surface area contributed by atoms with Crippen molar-refractivity contribution in [3.05, 3.63) is 23.3 Å². The van der Waals surface area contributed by atoms with E-state index in [2.05, 4.69) is 0 Å². The molecular formula is C17H24O9. The Morgan fingerprint density at radius 1 is 1.23 bits per heavy atom. The lowest BCUT2D eigenvalue weighted by atomic mass is 9.94. The van der Waals surface area contributed by atoms with Crippen molar-refractivity contribution in [1.29, 1.82) is 0 Å². The SMILES string of the molecule is CCCCc1cc(O)cc(OC2O[C@H](O)[C@@H](O)[C@H](O)[C@H]2CO)c1C(=O)O. The van der Waals surface area contributed by atoms with Crippen molar-refractivity contribution >= 4 is 5.97 Å². The molecule has 146 valence electrons. The number of carboxylic acids is 1. The van der Waals surface area contributed by atoms with Gasteiger partial charge in [0.15, 0.2) is 6.29 Å². The number of aryl methyl sites for hydroxylation is 1. The Hall–Kier alpha value is -1.91. The molecule has 0 aromatic heterocycles. The van der Waals surface area contributed by atoms with Gasteiger partial charge in [-0.05, 0) is 24.5 Å². The minimum Gasteiger partial charge on any atom is -0.508 e. The van der Waals surface area contributed by atoms with Gasteiger partial charge in [-0.2, -0.15) is 0 Å². The Labute approximate surface area is 150 Å². The standard InChI is InChI=1S/C17H24O9/c1-2-3-4-8-5-9(19)6-11(12(8)15(22)23)25-17-10(7-18)13(20)14(21)16(24)26-17/h5-6,10,13-14,16-21,24H,2-4,7H2,1H3,(H,22,23)/t10-,13-,14+,16+,17?/m1/s1. The van der Waals surface area contributed by atoms with Gasteiger partial charge in [-0.25, -0.2) is 4.79 Å². The number of phenols is 1. The summed E-state index contributed by atoms with van der Waals surface area (Å²) in [7, 11) is 0. The van der Waals surface area contributed by atoms with Crippen LogP contribution >= 0.6 is 0 Å². The average Bonchev–Trinajstić information content (AvgIpc) is 2.57. The first kappa shape index (κ1) is 20.4. The van der Waals surface area contributed by atoms with Crippen molar-refractivity contribution in [3.8, 4) is 11.5 Å². The molecule has 1 aromatic carbocycles. The highest BCUT2D eigenvalue weighted by Crippen LogP contribution is 2.34. The summed E-state index contributed by atoms with van der Waals surface area (Å²) in [6.45, 7) is 1.30. The normalized spacial score (nSPS) is 28.7. The number of carboxylic acid groups (broad SMARTS) is 1. The number of aliphatic hydroxyl groups excluding tert-OH is 4. The Bertz CT molecular complexity index is 633. The lowest BCUT2D eigenvalue weighted by Gasteiger charge is -2.39. The third-order valence-corrected chi connectivity index (χ3v) is 4.34. The quantitative estimate of drug-likeness (QED) is 0.382. The van der Waals surface area contributed by atoms with E-state index in [0.29, 0.717) is 18.4 Å². The minimum atomic E-state index is -1.78. The molecule has 2 rings (SSSR count). The lowest BCUT2D eigenvalue weighted by molar-refractivity contribution is -0.312. The third-order valence-electron chi connectivity index (χ3n) is 4.34. The highest BCUT2D eigenvalue weighted by molar-refractivity contribution is 5.93. The Morgan fingerprint density at radius 2 is 1.92 bits per heavy atom. The summed E-state index contributed by atoms with van der Waals surface area (Å²) in [5.74, 6) is -2.84. The Morgan fingerprint density at radius 3 is 2.50 bits per heavy atom. The van der Waals surface area contributed by atoms with E-state index in [1.807, 2.05) is 6.92 Å². The molecule has 1 unspecified atom stereocenters. The number of hydrogen-bond acceptors (Lipinski definition) is 8. The maximum absolute atomic E-state index is 11.7. The Kier molecular flexibility index (Phi) is 6.79. The summed E-state index contributed by atoms with van der Waals surface area (Å²) in [6.07, 6.45) is -4.46. The molecule has 0 aliphatic carbocycles. The zero-order chi connectivity index (χ0) is 19.4. The predicted octanol–water partition coefficient (Wildman–Crippen LogP) is -0.183. The van der Waals surface area contributed by atoms with Crippen LogP contribution in [0.5, 0.6) is 11.5 Å². The molecule has 0 spiro atoms. The van der Waals surface area contributed by atoms with Gasteiger partial charge in [-0.1, -0.05) is 13.3 Å². The maximum atomic E-state index is 11.7. The van der Waals surface area contributed by atoms with Crippen LogP contribution in [0.25, 0.3) is 0 Å². The molecule has 9 heteroatoms. The van der Waals surface area contributed by atoms with Crippen molar-refractivity contribution < 1.29 is 44.9 Å². The molecule has 0 saturated carbocycles. The summed E-state index contributed by atoms with van der Waals surface area (Å²) in [5.41, 5.74) is 0.193.